The summed E-state index contributed by atoms with van der Waals surface area (Å²) in [6.07, 6.45) is 3.92. The summed E-state index contributed by atoms with van der Waals surface area (Å²) in [5.41, 5.74) is 0. The van der Waals surface area contributed by atoms with Gasteiger partial charge in [0.15, 0.2) is 0 Å². The third-order valence-corrected chi connectivity index (χ3v) is 4.75. The maximum Gasteiger partial charge on any atom is 0.103 e. The maximum absolute atomic E-state index is 3.76. The summed E-state index contributed by atoms with van der Waals surface area (Å²) in [4.78, 5) is 2.39. The quantitative estimate of drug-likeness (QED) is 0.629. The molecule has 0 radical (unpaired) electrons. The smallest absolute Gasteiger partial charge is 0.103 e. The molecule has 1 rings (SSSR count). The highest BCUT2D eigenvalue weighted by molar-refractivity contribution is 8.20. The van der Waals surface area contributed by atoms with Gasteiger partial charge in [-0.15, -0.1) is 36.7 Å². The Kier molecular flexibility index (Phi) is 4.88. The number of nitrogens with zero attached hydrogens (tertiary/aromatic N) is 1. The first-order chi connectivity index (χ1) is 5.88. The Morgan fingerprint density at radius 1 is 1.17 bits per heavy atom. The van der Waals surface area contributed by atoms with Crippen molar-refractivity contribution in [1.29, 1.82) is 0 Å². The van der Waals surface area contributed by atoms with Crippen molar-refractivity contribution in [2.75, 3.05) is 24.6 Å². The SMILES string of the molecule is C=CCN(CC=C)C1SCCS1. The predicted molar refractivity (Wildman–Crippen MR) is 60.7 cm³/mol. The van der Waals surface area contributed by atoms with E-state index >= 15 is 0 Å². The highest BCUT2D eigenvalue weighted by Crippen LogP contribution is 2.34. The van der Waals surface area contributed by atoms with Crippen molar-refractivity contribution in [3.8, 4) is 0 Å². The molecule has 0 N–H and O–H groups in total. The number of rotatable bonds is 5. The summed E-state index contributed by atoms with van der Waals surface area (Å²) in [6.45, 7) is 9.46. The molecule has 0 aromatic heterocycles. The molecule has 0 spiro atoms. The summed E-state index contributed by atoms with van der Waals surface area (Å²) in [5, 5.41) is 0. The molecule has 68 valence electrons. The van der Waals surface area contributed by atoms with Gasteiger partial charge in [0.2, 0.25) is 0 Å². The van der Waals surface area contributed by atoms with Crippen LogP contribution in [0.3, 0.4) is 0 Å². The lowest BCUT2D eigenvalue weighted by atomic mass is 10.5. The standard InChI is InChI=1S/C9H15NS2/c1-3-5-10(6-4-2)9-11-7-8-12-9/h3-4,9H,1-2,5-8H2. The molecule has 0 unspecified atom stereocenters. The molecule has 1 saturated heterocycles. The molecule has 1 aliphatic heterocycles. The molecule has 0 saturated carbocycles. The average molecular weight is 201 g/mol. The zero-order valence-electron chi connectivity index (χ0n) is 7.24. The maximum atomic E-state index is 3.76. The van der Waals surface area contributed by atoms with Crippen molar-refractivity contribution in [3.63, 3.8) is 0 Å². The van der Waals surface area contributed by atoms with Crippen LogP contribution in [0.5, 0.6) is 0 Å². The molecule has 0 amide bonds. The molecule has 1 nitrogen and oxygen atoms in total. The Labute approximate surface area is 83.3 Å². The largest absolute Gasteiger partial charge is 0.276 e. The van der Waals surface area contributed by atoms with Crippen molar-refractivity contribution in [1.82, 2.24) is 4.90 Å². The first kappa shape index (κ1) is 10.2. The van der Waals surface area contributed by atoms with E-state index in [0.29, 0.717) is 4.71 Å². The van der Waals surface area contributed by atoms with Gasteiger partial charge in [-0.3, -0.25) is 4.90 Å². The summed E-state index contributed by atoms with van der Waals surface area (Å²) in [7, 11) is 0. The van der Waals surface area contributed by atoms with Crippen LogP contribution in [0.25, 0.3) is 0 Å². The molecule has 1 fully saturated rings. The second kappa shape index (κ2) is 5.73. The molecule has 0 aliphatic carbocycles. The minimum absolute atomic E-state index is 0.626. The molecule has 1 heterocycles. The number of hydrogen-bond donors (Lipinski definition) is 0. The lowest BCUT2D eigenvalue weighted by Crippen LogP contribution is -2.29. The molecule has 0 aromatic carbocycles. The molecule has 1 aliphatic rings. The predicted octanol–water partition coefficient (Wildman–Crippen LogP) is 2.42. The van der Waals surface area contributed by atoms with Gasteiger partial charge in [-0.2, -0.15) is 0 Å². The van der Waals surface area contributed by atoms with Gasteiger partial charge in [0, 0.05) is 24.6 Å². The molecule has 3 heteroatoms. The summed E-state index contributed by atoms with van der Waals surface area (Å²) >= 11 is 4.05. The second-order valence-corrected chi connectivity index (χ2v) is 5.25. The molecule has 12 heavy (non-hydrogen) atoms. The van der Waals surface area contributed by atoms with Crippen molar-refractivity contribution in [2.24, 2.45) is 0 Å². The van der Waals surface area contributed by atoms with Gasteiger partial charge in [-0.05, 0) is 0 Å². The fourth-order valence-electron chi connectivity index (χ4n) is 1.14. The van der Waals surface area contributed by atoms with Gasteiger partial charge in [-0.1, -0.05) is 12.2 Å². The van der Waals surface area contributed by atoms with Crippen LogP contribution in [0.2, 0.25) is 0 Å². The van der Waals surface area contributed by atoms with Crippen LogP contribution in [0.15, 0.2) is 25.3 Å². The number of hydrogen-bond acceptors (Lipinski definition) is 3. The minimum Gasteiger partial charge on any atom is -0.276 e. The summed E-state index contributed by atoms with van der Waals surface area (Å²) in [5.74, 6) is 2.56. The van der Waals surface area contributed by atoms with Crippen LogP contribution in [-0.2, 0) is 0 Å². The van der Waals surface area contributed by atoms with E-state index in [1.165, 1.54) is 11.5 Å². The summed E-state index contributed by atoms with van der Waals surface area (Å²) < 4.78 is 0.626. The van der Waals surface area contributed by atoms with Crippen molar-refractivity contribution in [2.45, 2.75) is 4.71 Å². The van der Waals surface area contributed by atoms with Gasteiger partial charge < -0.3 is 0 Å². The van der Waals surface area contributed by atoms with Crippen LogP contribution in [0, 0.1) is 0 Å². The third kappa shape index (κ3) is 2.88. The molecule has 0 bridgehead atoms. The highest BCUT2D eigenvalue weighted by atomic mass is 32.2. The molecular formula is C9H15NS2. The van der Waals surface area contributed by atoms with Crippen LogP contribution in [-0.4, -0.2) is 34.2 Å². The third-order valence-electron chi connectivity index (χ3n) is 1.63. The van der Waals surface area contributed by atoms with E-state index in [0.717, 1.165) is 13.1 Å². The van der Waals surface area contributed by atoms with Crippen LogP contribution < -0.4 is 0 Å². The van der Waals surface area contributed by atoms with Gasteiger partial charge in [0.05, 0.1) is 0 Å². The van der Waals surface area contributed by atoms with Crippen molar-refractivity contribution >= 4 is 23.5 Å². The lowest BCUT2D eigenvalue weighted by molar-refractivity contribution is 0.376. The van der Waals surface area contributed by atoms with Crippen molar-refractivity contribution < 1.29 is 0 Å². The topological polar surface area (TPSA) is 3.24 Å². The van der Waals surface area contributed by atoms with E-state index in [1.54, 1.807) is 0 Å². The lowest BCUT2D eigenvalue weighted by Gasteiger charge is -2.24. The van der Waals surface area contributed by atoms with E-state index in [1.807, 2.05) is 35.7 Å². The van der Waals surface area contributed by atoms with Crippen molar-refractivity contribution in [3.05, 3.63) is 25.3 Å². The normalized spacial score (nSPS) is 18.4. The van der Waals surface area contributed by atoms with E-state index in [2.05, 4.69) is 18.1 Å². The Morgan fingerprint density at radius 3 is 2.08 bits per heavy atom. The fraction of sp³-hybridized carbons (Fsp3) is 0.556. The highest BCUT2D eigenvalue weighted by Gasteiger charge is 2.21. The van der Waals surface area contributed by atoms with E-state index in [-0.39, 0.29) is 0 Å². The second-order valence-electron chi connectivity index (χ2n) is 2.58. The molecule has 0 atom stereocenters. The van der Waals surface area contributed by atoms with Crippen LogP contribution in [0.1, 0.15) is 0 Å². The van der Waals surface area contributed by atoms with E-state index in [9.17, 15) is 0 Å². The Hall–Kier alpha value is 0.140. The van der Waals surface area contributed by atoms with Gasteiger partial charge in [0.25, 0.3) is 0 Å². The first-order valence-corrected chi connectivity index (χ1v) is 6.17. The van der Waals surface area contributed by atoms with E-state index < -0.39 is 0 Å². The number of thioether (sulfide) groups is 2. The first-order valence-electron chi connectivity index (χ1n) is 4.07. The fourth-order valence-corrected chi connectivity index (χ4v) is 4.04. The molecular weight excluding hydrogens is 186 g/mol. The minimum atomic E-state index is 0.626. The monoisotopic (exact) mass is 201 g/mol. The molecule has 0 aromatic rings. The van der Waals surface area contributed by atoms with Crippen LogP contribution >= 0.6 is 23.5 Å². The zero-order valence-corrected chi connectivity index (χ0v) is 8.87. The van der Waals surface area contributed by atoms with Crippen LogP contribution in [0.4, 0.5) is 0 Å². The van der Waals surface area contributed by atoms with Gasteiger partial charge in [0.1, 0.15) is 4.71 Å². The zero-order chi connectivity index (χ0) is 8.81. The Morgan fingerprint density at radius 2 is 1.67 bits per heavy atom. The summed E-state index contributed by atoms with van der Waals surface area (Å²) in [6, 6.07) is 0. The Balaban J connectivity index is 2.38. The van der Waals surface area contributed by atoms with Gasteiger partial charge in [-0.25, -0.2) is 0 Å². The van der Waals surface area contributed by atoms with Gasteiger partial charge >= 0.3 is 0 Å². The van der Waals surface area contributed by atoms with E-state index in [4.69, 9.17) is 0 Å². The Bertz CT molecular complexity index is 143. The average Bonchev–Trinajstić information content (AvgIpc) is 2.56.